The molecule has 0 aliphatic rings. The Morgan fingerprint density at radius 3 is 2.50 bits per heavy atom. The molecular formula is C20H28N2O5S. The average Bonchev–Trinajstić information content (AvgIpc) is 2.66. The Morgan fingerprint density at radius 2 is 1.86 bits per heavy atom. The topological polar surface area (TPSA) is 100 Å². The zero-order valence-corrected chi connectivity index (χ0v) is 17.0. The van der Waals surface area contributed by atoms with Crippen molar-refractivity contribution < 1.29 is 23.3 Å². The highest BCUT2D eigenvalue weighted by atomic mass is 32.2. The maximum Gasteiger partial charge on any atom is 0.259 e. The lowest BCUT2D eigenvalue weighted by Crippen LogP contribution is -2.31. The molecule has 2 aromatic carbocycles. The number of anilines is 1. The van der Waals surface area contributed by atoms with Crippen LogP contribution in [-0.2, 0) is 24.3 Å². The highest BCUT2D eigenvalue weighted by Gasteiger charge is 2.09. The summed E-state index contributed by atoms with van der Waals surface area (Å²) in [5.41, 5.74) is 2.03. The first-order valence-electron chi connectivity index (χ1n) is 9.21. The Hall–Kier alpha value is -2.13. The predicted octanol–water partition coefficient (Wildman–Crippen LogP) is 2.73. The molecule has 2 rings (SSSR count). The van der Waals surface area contributed by atoms with Crippen LogP contribution in [0.25, 0.3) is 0 Å². The molecule has 0 saturated heterocycles. The lowest BCUT2D eigenvalue weighted by atomic mass is 10.0. The van der Waals surface area contributed by atoms with E-state index in [1.807, 2.05) is 37.3 Å². The van der Waals surface area contributed by atoms with Gasteiger partial charge in [0.05, 0.1) is 18.9 Å². The summed E-state index contributed by atoms with van der Waals surface area (Å²) in [5.74, 6) is 1.47. The third kappa shape index (κ3) is 7.12. The molecule has 0 spiro atoms. The van der Waals surface area contributed by atoms with Crippen LogP contribution in [0.15, 0.2) is 42.5 Å². The Bertz CT molecular complexity index is 772. The summed E-state index contributed by atoms with van der Waals surface area (Å²) in [7, 11) is 0. The fourth-order valence-electron chi connectivity index (χ4n) is 2.81. The fourth-order valence-corrected chi connectivity index (χ4v) is 3.19. The first-order valence-corrected chi connectivity index (χ1v) is 10.3. The van der Waals surface area contributed by atoms with Crippen molar-refractivity contribution in [3.05, 3.63) is 53.6 Å². The minimum atomic E-state index is -2.18. The van der Waals surface area contributed by atoms with Crippen LogP contribution >= 0.6 is 0 Å². The van der Waals surface area contributed by atoms with Crippen molar-refractivity contribution in [1.29, 1.82) is 0 Å². The molecule has 4 N–H and O–H groups in total. The fraction of sp³-hybridized carbons (Fsp3) is 0.400. The summed E-state index contributed by atoms with van der Waals surface area (Å²) in [5, 5.41) is 12.7. The van der Waals surface area contributed by atoms with E-state index in [2.05, 4.69) is 17.0 Å². The number of rotatable bonds is 12. The van der Waals surface area contributed by atoms with Crippen LogP contribution in [0.3, 0.4) is 0 Å². The van der Waals surface area contributed by atoms with Crippen LogP contribution in [0.4, 0.5) is 5.69 Å². The summed E-state index contributed by atoms with van der Waals surface area (Å²) < 4.78 is 33.8. The van der Waals surface area contributed by atoms with E-state index < -0.39 is 11.3 Å². The molecule has 2 unspecified atom stereocenters. The standard InChI is InChI=1S/C20H28N2O5S/c1-3-26-19-6-4-5-7-20(19)27-11-10-21-15(2)12-16-8-9-17(14-23)18(13-16)22-28(24)25/h4-9,13,15,21-23H,3,10-12,14H2,1-2H3,(H,24,25). The van der Waals surface area contributed by atoms with E-state index in [1.54, 1.807) is 12.1 Å². The van der Waals surface area contributed by atoms with Gasteiger partial charge in [0, 0.05) is 18.2 Å². The zero-order valence-electron chi connectivity index (χ0n) is 16.2. The number of aliphatic hydroxyl groups excluding tert-OH is 1. The van der Waals surface area contributed by atoms with Gasteiger partial charge in [0.15, 0.2) is 11.5 Å². The van der Waals surface area contributed by atoms with Crippen LogP contribution in [0.1, 0.15) is 25.0 Å². The summed E-state index contributed by atoms with van der Waals surface area (Å²) in [6, 6.07) is 13.2. The van der Waals surface area contributed by atoms with Gasteiger partial charge in [0.1, 0.15) is 6.61 Å². The molecule has 0 aliphatic heterocycles. The van der Waals surface area contributed by atoms with Gasteiger partial charge in [-0.1, -0.05) is 24.3 Å². The summed E-state index contributed by atoms with van der Waals surface area (Å²) >= 11 is -2.18. The van der Waals surface area contributed by atoms with Gasteiger partial charge in [0.2, 0.25) is 0 Å². The van der Waals surface area contributed by atoms with Crippen LogP contribution in [0.5, 0.6) is 11.5 Å². The van der Waals surface area contributed by atoms with Gasteiger partial charge >= 0.3 is 0 Å². The highest BCUT2D eigenvalue weighted by molar-refractivity contribution is 7.80. The van der Waals surface area contributed by atoms with E-state index in [9.17, 15) is 9.32 Å². The molecule has 8 heteroatoms. The number of nitrogens with one attached hydrogen (secondary N) is 2. The van der Waals surface area contributed by atoms with Crippen molar-refractivity contribution in [2.75, 3.05) is 24.5 Å². The van der Waals surface area contributed by atoms with Gasteiger partial charge in [0.25, 0.3) is 11.3 Å². The molecule has 0 aromatic heterocycles. The van der Waals surface area contributed by atoms with Gasteiger partial charge < -0.3 is 19.9 Å². The van der Waals surface area contributed by atoms with E-state index in [4.69, 9.17) is 14.0 Å². The molecule has 28 heavy (non-hydrogen) atoms. The summed E-state index contributed by atoms with van der Waals surface area (Å²) in [6.07, 6.45) is 0.730. The Morgan fingerprint density at radius 1 is 1.14 bits per heavy atom. The second-order valence-corrected chi connectivity index (χ2v) is 6.99. The number of ether oxygens (including phenoxy) is 2. The molecule has 0 amide bonds. The minimum Gasteiger partial charge on any atom is -0.490 e. The van der Waals surface area contributed by atoms with Crippen LogP contribution < -0.4 is 19.5 Å². The normalized spacial score (nSPS) is 13.0. The smallest absolute Gasteiger partial charge is 0.259 e. The molecule has 2 aromatic rings. The van der Waals surface area contributed by atoms with Crippen LogP contribution in [0.2, 0.25) is 0 Å². The van der Waals surface area contributed by atoms with E-state index in [1.165, 1.54) is 0 Å². The van der Waals surface area contributed by atoms with Gasteiger partial charge in [-0.2, -0.15) is 0 Å². The number of hydrogen-bond acceptors (Lipinski definition) is 5. The quantitative estimate of drug-likeness (QED) is 0.318. The van der Waals surface area contributed by atoms with Gasteiger partial charge in [-0.25, -0.2) is 4.21 Å². The van der Waals surface area contributed by atoms with Crippen molar-refractivity contribution in [2.24, 2.45) is 0 Å². The van der Waals surface area contributed by atoms with Crippen molar-refractivity contribution in [3.8, 4) is 11.5 Å². The summed E-state index contributed by atoms with van der Waals surface area (Å²) in [4.78, 5) is 0. The van der Waals surface area contributed by atoms with E-state index in [0.29, 0.717) is 31.0 Å². The van der Waals surface area contributed by atoms with Gasteiger partial charge in [-0.15, -0.1) is 0 Å². The SMILES string of the molecule is CCOc1ccccc1OCCNC(C)Cc1ccc(CO)c(NS(=O)O)c1. The van der Waals surface area contributed by atoms with E-state index in [-0.39, 0.29) is 12.6 Å². The maximum atomic E-state index is 11.0. The van der Waals surface area contributed by atoms with Crippen molar-refractivity contribution in [1.82, 2.24) is 5.32 Å². The average molecular weight is 409 g/mol. The monoisotopic (exact) mass is 408 g/mol. The number of hydrogen-bond donors (Lipinski definition) is 4. The number of aliphatic hydroxyl groups is 1. The maximum absolute atomic E-state index is 11.0. The molecule has 7 nitrogen and oxygen atoms in total. The largest absolute Gasteiger partial charge is 0.490 e. The third-order valence-corrected chi connectivity index (χ3v) is 4.48. The summed E-state index contributed by atoms with van der Waals surface area (Å²) in [6.45, 7) is 5.56. The Balaban J connectivity index is 1.83. The molecule has 2 atom stereocenters. The van der Waals surface area contributed by atoms with E-state index >= 15 is 0 Å². The molecule has 0 heterocycles. The van der Waals surface area contributed by atoms with Crippen molar-refractivity contribution >= 4 is 17.0 Å². The minimum absolute atomic E-state index is 0.179. The zero-order chi connectivity index (χ0) is 20.4. The lowest BCUT2D eigenvalue weighted by Gasteiger charge is -2.17. The van der Waals surface area contributed by atoms with Crippen molar-refractivity contribution in [3.63, 3.8) is 0 Å². The second-order valence-electron chi connectivity index (χ2n) is 6.29. The molecule has 0 saturated carbocycles. The molecule has 0 aliphatic carbocycles. The molecule has 0 fully saturated rings. The third-order valence-electron chi connectivity index (χ3n) is 4.09. The first kappa shape index (κ1) is 22.2. The van der Waals surface area contributed by atoms with Crippen molar-refractivity contribution in [2.45, 2.75) is 32.9 Å². The molecular weight excluding hydrogens is 380 g/mol. The van der Waals surface area contributed by atoms with Crippen LogP contribution in [-0.4, -0.2) is 39.7 Å². The second kappa shape index (κ2) is 11.7. The predicted molar refractivity (Wildman–Crippen MR) is 111 cm³/mol. The lowest BCUT2D eigenvalue weighted by molar-refractivity contribution is 0.272. The van der Waals surface area contributed by atoms with E-state index in [0.717, 1.165) is 23.5 Å². The Labute approximate surface area is 168 Å². The molecule has 154 valence electrons. The Kier molecular flexibility index (Phi) is 9.22. The highest BCUT2D eigenvalue weighted by Crippen LogP contribution is 2.26. The number of benzene rings is 2. The van der Waals surface area contributed by atoms with Gasteiger partial charge in [-0.3, -0.25) is 9.27 Å². The van der Waals surface area contributed by atoms with Gasteiger partial charge in [-0.05, 0) is 44.0 Å². The molecule has 0 bridgehead atoms. The number of para-hydroxylation sites is 2. The first-order chi connectivity index (χ1) is 13.5. The molecule has 0 radical (unpaired) electrons. The van der Waals surface area contributed by atoms with Crippen LogP contribution in [0, 0.1) is 0 Å².